The number of nitrogens with zero attached hydrogens (tertiary/aromatic N) is 2. The third kappa shape index (κ3) is 9.24. The fourth-order valence-electron chi connectivity index (χ4n) is 3.26. The number of hydrogen-bond acceptors (Lipinski definition) is 5. The van der Waals surface area contributed by atoms with Gasteiger partial charge in [-0.3, -0.25) is 9.00 Å². The predicted octanol–water partition coefficient (Wildman–Crippen LogP) is 5.07. The van der Waals surface area contributed by atoms with Crippen LogP contribution in [0.2, 0.25) is 5.02 Å². The molecule has 2 atom stereocenters. The summed E-state index contributed by atoms with van der Waals surface area (Å²) in [6.45, 7) is 5.34. The maximum absolute atomic E-state index is 13.2. The molecule has 0 spiro atoms. The number of aromatic nitrogens is 2. The van der Waals surface area contributed by atoms with E-state index in [9.17, 15) is 14.1 Å². The highest BCUT2D eigenvalue weighted by Crippen LogP contribution is 2.29. The molecular formula is C25H32ClN3O3S. The summed E-state index contributed by atoms with van der Waals surface area (Å²) < 4.78 is 11.8. The summed E-state index contributed by atoms with van der Waals surface area (Å²) in [5, 5.41) is 12.9. The van der Waals surface area contributed by atoms with E-state index in [4.69, 9.17) is 11.6 Å². The number of hydrogen-bond donors (Lipinski definition) is 2. The van der Waals surface area contributed by atoms with Gasteiger partial charge in [-0.1, -0.05) is 62.6 Å². The molecule has 0 saturated heterocycles. The fraction of sp³-hybridized carbons (Fsp3) is 0.480. The van der Waals surface area contributed by atoms with Gasteiger partial charge in [-0.25, -0.2) is 9.97 Å². The quantitative estimate of drug-likeness (QED) is 0.359. The third-order valence-corrected chi connectivity index (χ3v) is 6.38. The Morgan fingerprint density at radius 3 is 2.52 bits per heavy atom. The van der Waals surface area contributed by atoms with Crippen LogP contribution in [0.25, 0.3) is 0 Å². The molecular weight excluding hydrogens is 458 g/mol. The molecule has 0 aliphatic heterocycles. The fourth-order valence-corrected chi connectivity index (χ4v) is 4.36. The molecule has 8 heteroatoms. The highest BCUT2D eigenvalue weighted by Gasteiger charge is 2.22. The van der Waals surface area contributed by atoms with Gasteiger partial charge in [0.2, 0.25) is 5.91 Å². The summed E-state index contributed by atoms with van der Waals surface area (Å²) >= 11 is 6.34. The normalized spacial score (nSPS) is 13.0. The standard InChI is InChI=1S/C25H32ClN3O3S/c1-5-6-7-8-9-10-20(18-11-12-22(33(4)32)21(26)15-18)24(30)29-23-17-27-19(16-28-23)13-14-25(2,3)31/h11-12,15-17,20,31H,5-10H2,1-4H3,(H,28,29,30). The van der Waals surface area contributed by atoms with Crippen LogP contribution in [0.15, 0.2) is 35.5 Å². The van der Waals surface area contributed by atoms with Crippen molar-refractivity contribution in [2.75, 3.05) is 11.6 Å². The molecule has 0 aliphatic carbocycles. The van der Waals surface area contributed by atoms with Crippen LogP contribution in [-0.2, 0) is 15.6 Å². The molecule has 1 aromatic carbocycles. The highest BCUT2D eigenvalue weighted by molar-refractivity contribution is 7.84. The average molecular weight is 490 g/mol. The second-order valence-electron chi connectivity index (χ2n) is 8.48. The molecule has 6 nitrogen and oxygen atoms in total. The Balaban J connectivity index is 2.18. The van der Waals surface area contributed by atoms with Crippen LogP contribution in [-0.4, -0.2) is 37.0 Å². The smallest absolute Gasteiger partial charge is 0.233 e. The van der Waals surface area contributed by atoms with Crippen molar-refractivity contribution in [2.45, 2.75) is 75.7 Å². The van der Waals surface area contributed by atoms with E-state index in [-0.39, 0.29) is 5.91 Å². The summed E-state index contributed by atoms with van der Waals surface area (Å²) in [7, 11) is -1.20. The van der Waals surface area contributed by atoms with Crippen molar-refractivity contribution in [1.82, 2.24) is 9.97 Å². The highest BCUT2D eigenvalue weighted by atomic mass is 35.5. The van der Waals surface area contributed by atoms with Crippen molar-refractivity contribution in [3.63, 3.8) is 0 Å². The van der Waals surface area contributed by atoms with Gasteiger partial charge in [0.1, 0.15) is 11.3 Å². The minimum absolute atomic E-state index is 0.198. The van der Waals surface area contributed by atoms with E-state index < -0.39 is 22.3 Å². The molecule has 1 aromatic heterocycles. The Morgan fingerprint density at radius 2 is 1.94 bits per heavy atom. The Labute approximate surface area is 204 Å². The second kappa shape index (κ2) is 12.8. The van der Waals surface area contributed by atoms with Gasteiger partial charge in [0.05, 0.1) is 39.0 Å². The van der Waals surface area contributed by atoms with Crippen molar-refractivity contribution in [3.05, 3.63) is 46.9 Å². The number of carbonyl (C=O) groups excluding carboxylic acids is 1. The lowest BCUT2D eigenvalue weighted by atomic mass is 9.92. The molecule has 2 N–H and O–H groups in total. The van der Waals surface area contributed by atoms with Gasteiger partial charge in [-0.15, -0.1) is 0 Å². The lowest BCUT2D eigenvalue weighted by Gasteiger charge is -2.18. The molecule has 2 unspecified atom stereocenters. The van der Waals surface area contributed by atoms with Crippen molar-refractivity contribution in [1.29, 1.82) is 0 Å². The summed E-state index contributed by atoms with van der Waals surface area (Å²) in [5.41, 5.74) is 0.0560. The van der Waals surface area contributed by atoms with E-state index in [0.717, 1.165) is 31.2 Å². The van der Waals surface area contributed by atoms with Crippen molar-refractivity contribution in [2.24, 2.45) is 0 Å². The molecule has 2 rings (SSSR count). The van der Waals surface area contributed by atoms with Gasteiger partial charge in [0.25, 0.3) is 0 Å². The molecule has 1 heterocycles. The number of halogens is 1. The number of rotatable bonds is 10. The van der Waals surface area contributed by atoms with Gasteiger partial charge in [-0.05, 0) is 43.9 Å². The molecule has 0 fully saturated rings. The zero-order chi connectivity index (χ0) is 24.4. The van der Waals surface area contributed by atoms with E-state index in [1.807, 2.05) is 6.07 Å². The minimum Gasteiger partial charge on any atom is -0.378 e. The summed E-state index contributed by atoms with van der Waals surface area (Å²) in [5.74, 6) is 5.14. The first-order chi connectivity index (χ1) is 15.6. The van der Waals surface area contributed by atoms with E-state index in [0.29, 0.717) is 27.9 Å². The number of unbranched alkanes of at least 4 members (excludes halogenated alkanes) is 4. The first-order valence-electron chi connectivity index (χ1n) is 11.1. The second-order valence-corrected chi connectivity index (χ2v) is 10.2. The average Bonchev–Trinajstić information content (AvgIpc) is 2.75. The van der Waals surface area contributed by atoms with Crippen LogP contribution in [0.4, 0.5) is 5.82 Å². The Kier molecular flexibility index (Phi) is 10.5. The number of anilines is 1. The zero-order valence-electron chi connectivity index (χ0n) is 19.7. The van der Waals surface area contributed by atoms with Crippen LogP contribution < -0.4 is 5.32 Å². The number of carbonyl (C=O) groups is 1. The summed E-state index contributed by atoms with van der Waals surface area (Å²) in [6.07, 6.45) is 10.6. The topological polar surface area (TPSA) is 92.2 Å². The van der Waals surface area contributed by atoms with Gasteiger partial charge < -0.3 is 10.4 Å². The van der Waals surface area contributed by atoms with Crippen LogP contribution >= 0.6 is 11.6 Å². The van der Waals surface area contributed by atoms with Crippen molar-refractivity contribution in [3.8, 4) is 11.8 Å². The van der Waals surface area contributed by atoms with Crippen LogP contribution in [0.3, 0.4) is 0 Å². The van der Waals surface area contributed by atoms with Gasteiger partial charge in [0.15, 0.2) is 5.82 Å². The molecule has 0 aliphatic rings. The largest absolute Gasteiger partial charge is 0.378 e. The molecule has 1 amide bonds. The molecule has 0 saturated carbocycles. The van der Waals surface area contributed by atoms with E-state index in [1.165, 1.54) is 18.8 Å². The zero-order valence-corrected chi connectivity index (χ0v) is 21.2. The number of amides is 1. The number of nitrogens with one attached hydrogen (secondary N) is 1. The van der Waals surface area contributed by atoms with Crippen LogP contribution in [0.5, 0.6) is 0 Å². The van der Waals surface area contributed by atoms with Crippen LogP contribution in [0, 0.1) is 11.8 Å². The van der Waals surface area contributed by atoms with Gasteiger partial charge in [-0.2, -0.15) is 0 Å². The van der Waals surface area contributed by atoms with Crippen molar-refractivity contribution < 1.29 is 14.1 Å². The lowest BCUT2D eigenvalue weighted by molar-refractivity contribution is -0.117. The third-order valence-electron chi connectivity index (χ3n) is 4.98. The van der Waals surface area contributed by atoms with Gasteiger partial charge in [0, 0.05) is 6.26 Å². The number of benzene rings is 1. The first kappa shape index (κ1) is 27.0. The lowest BCUT2D eigenvalue weighted by Crippen LogP contribution is -2.22. The van der Waals surface area contributed by atoms with Crippen LogP contribution in [0.1, 0.15) is 76.5 Å². The molecule has 33 heavy (non-hydrogen) atoms. The first-order valence-corrected chi connectivity index (χ1v) is 13.1. The van der Waals surface area contributed by atoms with Gasteiger partial charge >= 0.3 is 0 Å². The molecule has 0 radical (unpaired) electrons. The Bertz CT molecular complexity index is 1020. The predicted molar refractivity (Wildman–Crippen MR) is 134 cm³/mol. The maximum Gasteiger partial charge on any atom is 0.233 e. The van der Waals surface area contributed by atoms with E-state index in [1.54, 1.807) is 32.2 Å². The Hall–Kier alpha value is -2.27. The molecule has 178 valence electrons. The van der Waals surface area contributed by atoms with Crippen molar-refractivity contribution >= 4 is 34.1 Å². The SMILES string of the molecule is CCCCCCCC(C(=O)Nc1cnc(C#CC(C)(C)O)cn1)c1ccc(S(C)=O)c(Cl)c1. The molecule has 0 bridgehead atoms. The number of aliphatic hydroxyl groups is 1. The Morgan fingerprint density at radius 1 is 1.21 bits per heavy atom. The minimum atomic E-state index is -1.20. The van der Waals surface area contributed by atoms with E-state index >= 15 is 0 Å². The summed E-state index contributed by atoms with van der Waals surface area (Å²) in [6, 6.07) is 5.27. The summed E-state index contributed by atoms with van der Waals surface area (Å²) in [4.78, 5) is 22.1. The molecule has 2 aromatic rings. The van der Waals surface area contributed by atoms with E-state index in [2.05, 4.69) is 34.0 Å². The monoisotopic (exact) mass is 489 g/mol. The maximum atomic E-state index is 13.2.